The lowest BCUT2D eigenvalue weighted by molar-refractivity contribution is -0.124. The van der Waals surface area contributed by atoms with Gasteiger partial charge < -0.3 is 16.2 Å². The normalized spacial score (nSPS) is 17.6. The van der Waals surface area contributed by atoms with E-state index in [0.29, 0.717) is 0 Å². The van der Waals surface area contributed by atoms with E-state index in [2.05, 4.69) is 5.32 Å². The van der Waals surface area contributed by atoms with Crippen LogP contribution in [-0.4, -0.2) is 29.7 Å². The third-order valence-electron chi connectivity index (χ3n) is 2.22. The largest absolute Gasteiger partial charge is 0.394 e. The maximum Gasteiger partial charge on any atom is 0.237 e. The minimum atomic E-state index is -0.473. The monoisotopic (exact) mass is 188 g/mol. The van der Waals surface area contributed by atoms with E-state index in [1.165, 1.54) is 0 Å². The molecule has 0 radical (unpaired) electrons. The molecule has 0 rings (SSSR count). The van der Waals surface area contributed by atoms with Gasteiger partial charge in [0.25, 0.3) is 0 Å². The summed E-state index contributed by atoms with van der Waals surface area (Å²) in [4.78, 5) is 11.4. The quantitative estimate of drug-likeness (QED) is 0.562. The SMILES string of the molecule is CCC(C)C(N)C(=O)N[C@H](C)CO. The van der Waals surface area contributed by atoms with E-state index < -0.39 is 6.04 Å². The van der Waals surface area contributed by atoms with Crippen LogP contribution in [0.2, 0.25) is 0 Å². The third-order valence-corrected chi connectivity index (χ3v) is 2.22. The van der Waals surface area contributed by atoms with Crippen LogP contribution < -0.4 is 11.1 Å². The van der Waals surface area contributed by atoms with E-state index >= 15 is 0 Å². The van der Waals surface area contributed by atoms with Gasteiger partial charge in [-0.2, -0.15) is 0 Å². The molecule has 3 atom stereocenters. The van der Waals surface area contributed by atoms with Gasteiger partial charge in [-0.25, -0.2) is 0 Å². The Labute approximate surface area is 79.5 Å². The molecule has 0 aromatic heterocycles. The Morgan fingerprint density at radius 1 is 1.54 bits per heavy atom. The Morgan fingerprint density at radius 2 is 2.08 bits per heavy atom. The highest BCUT2D eigenvalue weighted by Gasteiger charge is 2.20. The molecule has 1 amide bonds. The van der Waals surface area contributed by atoms with Gasteiger partial charge in [-0.1, -0.05) is 20.3 Å². The highest BCUT2D eigenvalue weighted by Crippen LogP contribution is 2.05. The minimum Gasteiger partial charge on any atom is -0.394 e. The van der Waals surface area contributed by atoms with Crippen molar-refractivity contribution in [3.63, 3.8) is 0 Å². The molecule has 0 aromatic rings. The number of carbonyl (C=O) groups excluding carboxylic acids is 1. The molecule has 0 heterocycles. The van der Waals surface area contributed by atoms with E-state index in [4.69, 9.17) is 10.8 Å². The van der Waals surface area contributed by atoms with E-state index in [0.717, 1.165) is 6.42 Å². The second-order valence-corrected chi connectivity index (χ2v) is 3.50. The predicted molar refractivity (Wildman–Crippen MR) is 52.1 cm³/mol. The van der Waals surface area contributed by atoms with Crippen molar-refractivity contribution in [2.75, 3.05) is 6.61 Å². The van der Waals surface area contributed by atoms with Crippen LogP contribution in [0.3, 0.4) is 0 Å². The molecule has 0 saturated heterocycles. The molecule has 4 N–H and O–H groups in total. The zero-order valence-electron chi connectivity index (χ0n) is 8.58. The zero-order chi connectivity index (χ0) is 10.4. The average Bonchev–Trinajstić information content (AvgIpc) is 2.14. The number of hydrogen-bond donors (Lipinski definition) is 3. The Kier molecular flexibility index (Phi) is 5.66. The standard InChI is InChI=1S/C9H20N2O2/c1-4-6(2)8(10)9(13)11-7(3)5-12/h6-8,12H,4-5,10H2,1-3H3,(H,11,13)/t6?,7-,8?/m1/s1. The van der Waals surface area contributed by atoms with Crippen molar-refractivity contribution in [3.8, 4) is 0 Å². The number of carbonyl (C=O) groups is 1. The van der Waals surface area contributed by atoms with E-state index in [1.54, 1.807) is 6.92 Å². The average molecular weight is 188 g/mol. The number of hydrogen-bond acceptors (Lipinski definition) is 3. The number of nitrogens with two attached hydrogens (primary N) is 1. The van der Waals surface area contributed by atoms with Gasteiger partial charge >= 0.3 is 0 Å². The van der Waals surface area contributed by atoms with Gasteiger partial charge in [0.1, 0.15) is 0 Å². The summed E-state index contributed by atoms with van der Waals surface area (Å²) in [5.41, 5.74) is 5.68. The molecule has 0 fully saturated rings. The van der Waals surface area contributed by atoms with Crippen LogP contribution >= 0.6 is 0 Å². The van der Waals surface area contributed by atoms with Gasteiger partial charge in [0, 0.05) is 6.04 Å². The van der Waals surface area contributed by atoms with E-state index in [-0.39, 0.29) is 24.5 Å². The Hall–Kier alpha value is -0.610. The van der Waals surface area contributed by atoms with Crippen LogP contribution in [-0.2, 0) is 4.79 Å². The molecular weight excluding hydrogens is 168 g/mol. The lowest BCUT2D eigenvalue weighted by atomic mass is 9.99. The molecular formula is C9H20N2O2. The molecule has 0 spiro atoms. The van der Waals surface area contributed by atoms with Gasteiger partial charge in [-0.05, 0) is 12.8 Å². The van der Waals surface area contributed by atoms with Gasteiger partial charge in [-0.3, -0.25) is 4.79 Å². The minimum absolute atomic E-state index is 0.0566. The van der Waals surface area contributed by atoms with Crippen LogP contribution in [0.15, 0.2) is 0 Å². The first-order valence-corrected chi connectivity index (χ1v) is 4.69. The van der Waals surface area contributed by atoms with Crippen molar-refractivity contribution < 1.29 is 9.90 Å². The zero-order valence-corrected chi connectivity index (χ0v) is 8.58. The number of nitrogens with one attached hydrogen (secondary N) is 1. The first-order valence-electron chi connectivity index (χ1n) is 4.69. The Balaban J connectivity index is 3.96. The van der Waals surface area contributed by atoms with Crippen LogP contribution in [0, 0.1) is 5.92 Å². The summed E-state index contributed by atoms with van der Waals surface area (Å²) in [5, 5.41) is 11.3. The Bertz CT molecular complexity index is 162. The molecule has 0 aliphatic heterocycles. The molecule has 0 bridgehead atoms. The summed E-state index contributed by atoms with van der Waals surface area (Å²) in [6.45, 7) is 5.61. The lowest BCUT2D eigenvalue weighted by Crippen LogP contribution is -2.48. The van der Waals surface area contributed by atoms with Crippen molar-refractivity contribution in [2.24, 2.45) is 11.7 Å². The molecule has 2 unspecified atom stereocenters. The summed E-state index contributed by atoms with van der Waals surface area (Å²) in [6.07, 6.45) is 0.877. The molecule has 0 aliphatic rings. The highest BCUT2D eigenvalue weighted by atomic mass is 16.3. The summed E-state index contributed by atoms with van der Waals surface area (Å²) in [5.74, 6) is -0.0122. The molecule has 0 aromatic carbocycles. The van der Waals surface area contributed by atoms with Gasteiger partial charge in [0.15, 0.2) is 0 Å². The highest BCUT2D eigenvalue weighted by molar-refractivity contribution is 5.82. The number of rotatable bonds is 5. The van der Waals surface area contributed by atoms with Gasteiger partial charge in [-0.15, -0.1) is 0 Å². The van der Waals surface area contributed by atoms with E-state index in [1.807, 2.05) is 13.8 Å². The van der Waals surface area contributed by atoms with Gasteiger partial charge in [0.2, 0.25) is 5.91 Å². The van der Waals surface area contributed by atoms with Gasteiger partial charge in [0.05, 0.1) is 12.6 Å². The molecule has 0 saturated carbocycles. The van der Waals surface area contributed by atoms with Crippen molar-refractivity contribution >= 4 is 5.91 Å². The molecule has 4 heteroatoms. The predicted octanol–water partition coefficient (Wildman–Crippen LogP) is -0.143. The fraction of sp³-hybridized carbons (Fsp3) is 0.889. The Morgan fingerprint density at radius 3 is 2.46 bits per heavy atom. The van der Waals surface area contributed by atoms with Crippen LogP contribution in [0.4, 0.5) is 0 Å². The first kappa shape index (κ1) is 12.4. The van der Waals surface area contributed by atoms with Crippen LogP contribution in [0.25, 0.3) is 0 Å². The fourth-order valence-corrected chi connectivity index (χ4v) is 0.897. The maximum absolute atomic E-state index is 11.4. The summed E-state index contributed by atoms with van der Waals surface area (Å²) in [7, 11) is 0. The number of aliphatic hydroxyl groups excluding tert-OH is 1. The number of aliphatic hydroxyl groups is 1. The smallest absolute Gasteiger partial charge is 0.237 e. The molecule has 0 aliphatic carbocycles. The first-order chi connectivity index (χ1) is 6.02. The molecule has 13 heavy (non-hydrogen) atoms. The van der Waals surface area contributed by atoms with E-state index in [9.17, 15) is 4.79 Å². The summed E-state index contributed by atoms with van der Waals surface area (Å²) >= 11 is 0. The summed E-state index contributed by atoms with van der Waals surface area (Å²) in [6, 6.07) is -0.693. The third kappa shape index (κ3) is 4.24. The summed E-state index contributed by atoms with van der Waals surface area (Å²) < 4.78 is 0. The van der Waals surface area contributed by atoms with Crippen molar-refractivity contribution in [2.45, 2.75) is 39.3 Å². The second kappa shape index (κ2) is 5.94. The second-order valence-electron chi connectivity index (χ2n) is 3.50. The maximum atomic E-state index is 11.4. The van der Waals surface area contributed by atoms with Crippen LogP contribution in [0.5, 0.6) is 0 Å². The molecule has 78 valence electrons. The van der Waals surface area contributed by atoms with Crippen molar-refractivity contribution in [1.82, 2.24) is 5.32 Å². The van der Waals surface area contributed by atoms with Crippen molar-refractivity contribution in [1.29, 1.82) is 0 Å². The molecule has 4 nitrogen and oxygen atoms in total. The lowest BCUT2D eigenvalue weighted by Gasteiger charge is -2.19. The number of amides is 1. The fourth-order valence-electron chi connectivity index (χ4n) is 0.897. The topological polar surface area (TPSA) is 75.4 Å². The van der Waals surface area contributed by atoms with Crippen LogP contribution in [0.1, 0.15) is 27.2 Å². The van der Waals surface area contributed by atoms with Crippen molar-refractivity contribution in [3.05, 3.63) is 0 Å².